The lowest BCUT2D eigenvalue weighted by molar-refractivity contribution is 0.112. The van der Waals surface area contributed by atoms with Crippen LogP contribution in [0.4, 0.5) is 8.78 Å². The van der Waals surface area contributed by atoms with Crippen LogP contribution in [0, 0.1) is 0 Å². The van der Waals surface area contributed by atoms with Crippen LogP contribution >= 0.6 is 0 Å². The molecule has 26 heavy (non-hydrogen) atoms. The third kappa shape index (κ3) is 4.91. The Bertz CT molecular complexity index is 872. The highest BCUT2D eigenvalue weighted by molar-refractivity contribution is 6.05. The van der Waals surface area contributed by atoms with Crippen molar-refractivity contribution in [2.45, 2.75) is 26.7 Å². The lowest BCUT2D eigenvalue weighted by Crippen LogP contribution is -2.23. The van der Waals surface area contributed by atoms with E-state index in [0.717, 1.165) is 0 Å². The van der Waals surface area contributed by atoms with Gasteiger partial charge in [-0.2, -0.15) is 0 Å². The standard InChI is InChI=1S/C19H18F2N4O/c1-3-5-24-19(23-4-2)16-7-14(12-26)10-25-18(16)15-6-13(8-17(20)21)9-22-11-15/h3-7,9-12,17H,8H2,1-2H3/p+1/b5-3+. The Morgan fingerprint density at radius 2 is 2.08 bits per heavy atom. The van der Waals surface area contributed by atoms with E-state index in [-0.39, 0.29) is 6.42 Å². The molecule has 7 heteroatoms. The van der Waals surface area contributed by atoms with Crippen molar-refractivity contribution in [1.82, 2.24) is 20.0 Å². The van der Waals surface area contributed by atoms with Gasteiger partial charge in [-0.3, -0.25) is 14.8 Å². The fourth-order valence-corrected chi connectivity index (χ4v) is 2.34. The summed E-state index contributed by atoms with van der Waals surface area (Å²) in [7, 11) is 0. The van der Waals surface area contributed by atoms with Gasteiger partial charge in [-0.15, -0.1) is 0 Å². The number of aldehydes is 1. The molecule has 134 valence electrons. The summed E-state index contributed by atoms with van der Waals surface area (Å²) in [4.78, 5) is 19.5. The highest BCUT2D eigenvalue weighted by atomic mass is 19.3. The molecule has 0 amide bonds. The molecule has 2 aromatic rings. The van der Waals surface area contributed by atoms with E-state index >= 15 is 0 Å². The van der Waals surface area contributed by atoms with Gasteiger partial charge in [0.25, 0.3) is 0 Å². The van der Waals surface area contributed by atoms with Crippen LogP contribution in [0.2, 0.25) is 0 Å². The minimum absolute atomic E-state index is 0.381. The lowest BCUT2D eigenvalue weighted by Gasteiger charge is -2.08. The van der Waals surface area contributed by atoms with E-state index in [9.17, 15) is 13.6 Å². The molecule has 0 saturated heterocycles. The minimum atomic E-state index is -2.46. The van der Waals surface area contributed by atoms with Crippen molar-refractivity contribution >= 4 is 18.3 Å². The Labute approximate surface area is 150 Å². The zero-order valence-corrected chi connectivity index (χ0v) is 14.5. The number of carbonyl (C=O) groups is 1. The van der Waals surface area contributed by atoms with Crippen molar-refractivity contribution in [2.75, 3.05) is 0 Å². The van der Waals surface area contributed by atoms with Crippen LogP contribution in [-0.4, -0.2) is 34.7 Å². The van der Waals surface area contributed by atoms with Gasteiger partial charge < -0.3 is 0 Å². The second kappa shape index (κ2) is 9.34. The van der Waals surface area contributed by atoms with Gasteiger partial charge in [0.15, 0.2) is 12.5 Å². The molecule has 0 radical (unpaired) electrons. The second-order valence-electron chi connectivity index (χ2n) is 5.34. The average Bonchev–Trinajstić information content (AvgIpc) is 2.64. The van der Waals surface area contributed by atoms with Crippen molar-refractivity contribution in [2.24, 2.45) is 0 Å². The molecule has 0 aliphatic heterocycles. The van der Waals surface area contributed by atoms with Crippen LogP contribution in [0.25, 0.3) is 11.3 Å². The molecule has 0 saturated carbocycles. The topological polar surface area (TPSA) is 69.0 Å². The summed E-state index contributed by atoms with van der Waals surface area (Å²) in [5.74, 6) is 0.482. The van der Waals surface area contributed by atoms with E-state index < -0.39 is 6.43 Å². The average molecular weight is 357 g/mol. The van der Waals surface area contributed by atoms with Gasteiger partial charge in [-0.25, -0.2) is 18.8 Å². The first-order chi connectivity index (χ1) is 12.6. The normalized spacial score (nSPS) is 10.7. The second-order valence-corrected chi connectivity index (χ2v) is 5.34. The first-order valence-corrected chi connectivity index (χ1v) is 8.00. The molecule has 5 nitrogen and oxygen atoms in total. The molecule has 0 aliphatic carbocycles. The summed E-state index contributed by atoms with van der Waals surface area (Å²) in [5, 5.41) is 3.04. The number of carbonyl (C=O) groups excluding carboxylic acids is 1. The number of rotatable bonds is 6. The Kier molecular flexibility index (Phi) is 6.88. The van der Waals surface area contributed by atoms with Crippen LogP contribution in [0.1, 0.15) is 35.3 Å². The number of amidine groups is 1. The fourth-order valence-electron chi connectivity index (χ4n) is 2.34. The summed E-state index contributed by atoms with van der Waals surface area (Å²) in [6.07, 6.45) is 7.32. The van der Waals surface area contributed by atoms with E-state index in [0.29, 0.717) is 40.1 Å². The van der Waals surface area contributed by atoms with Gasteiger partial charge in [-0.05, 0) is 30.7 Å². The number of nitrogens with zero attached hydrogens (tertiary/aromatic N) is 3. The number of allylic oxidation sites excluding steroid dienone is 1. The number of halogens is 2. The van der Waals surface area contributed by atoms with Crippen molar-refractivity contribution in [1.29, 1.82) is 0 Å². The summed E-state index contributed by atoms with van der Waals surface area (Å²) in [6, 6.07) is 3.27. The van der Waals surface area contributed by atoms with Gasteiger partial charge in [0.1, 0.15) is 5.56 Å². The SMILES string of the molecule is CC=[N+]=C(N/C=C/C)c1cc(C=O)cnc1-c1cncc(CC(F)F)c1. The number of nitrogens with one attached hydrogen (secondary N) is 1. The van der Waals surface area contributed by atoms with E-state index in [2.05, 4.69) is 20.0 Å². The maximum absolute atomic E-state index is 12.7. The number of pyridine rings is 2. The van der Waals surface area contributed by atoms with E-state index in [1.54, 1.807) is 43.7 Å². The predicted octanol–water partition coefficient (Wildman–Crippen LogP) is 2.79. The van der Waals surface area contributed by atoms with Crippen LogP contribution in [0.3, 0.4) is 0 Å². The maximum Gasteiger partial charge on any atom is 0.381 e. The first-order valence-electron chi connectivity index (χ1n) is 8.00. The third-order valence-electron chi connectivity index (χ3n) is 3.40. The smallest absolute Gasteiger partial charge is 0.298 e. The molecule has 2 rings (SSSR count). The molecular formula is C19H19F2N4O+. The summed E-state index contributed by atoms with van der Waals surface area (Å²) < 4.78 is 29.7. The highest BCUT2D eigenvalue weighted by Gasteiger charge is 2.20. The Morgan fingerprint density at radius 1 is 1.27 bits per heavy atom. The van der Waals surface area contributed by atoms with Gasteiger partial charge in [0.2, 0.25) is 6.43 Å². The largest absolute Gasteiger partial charge is 0.381 e. The highest BCUT2D eigenvalue weighted by Crippen LogP contribution is 2.23. The van der Waals surface area contributed by atoms with Crippen molar-refractivity contribution in [3.05, 3.63) is 59.7 Å². The Balaban J connectivity index is 2.62. The molecule has 2 heterocycles. The number of aromatic nitrogens is 2. The summed E-state index contributed by atoms with van der Waals surface area (Å²) in [5.41, 5.74) is 2.43. The Hall–Kier alpha value is -3.18. The van der Waals surface area contributed by atoms with E-state index in [1.165, 1.54) is 12.4 Å². The van der Waals surface area contributed by atoms with Crippen molar-refractivity contribution in [3.63, 3.8) is 0 Å². The molecule has 1 N–H and O–H groups in total. The summed E-state index contributed by atoms with van der Waals surface area (Å²) in [6.45, 7) is 3.61. The predicted molar refractivity (Wildman–Crippen MR) is 98.5 cm³/mol. The molecule has 0 bridgehead atoms. The first kappa shape index (κ1) is 19.1. The summed E-state index contributed by atoms with van der Waals surface area (Å²) >= 11 is 0. The monoisotopic (exact) mass is 357 g/mol. The van der Waals surface area contributed by atoms with E-state index in [1.807, 2.05) is 6.92 Å². The number of hydrogen-bond donors (Lipinski definition) is 1. The van der Waals surface area contributed by atoms with Gasteiger partial charge in [0, 0.05) is 43.1 Å². The van der Waals surface area contributed by atoms with Crippen LogP contribution in [0.5, 0.6) is 0 Å². The zero-order valence-electron chi connectivity index (χ0n) is 14.5. The molecule has 0 atom stereocenters. The van der Waals surface area contributed by atoms with Crippen LogP contribution in [-0.2, 0) is 6.42 Å². The van der Waals surface area contributed by atoms with Crippen LogP contribution < -0.4 is 9.98 Å². The molecule has 0 spiro atoms. The van der Waals surface area contributed by atoms with Crippen LogP contribution in [0.15, 0.2) is 43.0 Å². The number of hydrogen-bond acceptors (Lipinski definition) is 3. The quantitative estimate of drug-likeness (QED) is 0.374. The molecule has 0 aliphatic rings. The van der Waals surface area contributed by atoms with Crippen molar-refractivity contribution < 1.29 is 13.6 Å². The Morgan fingerprint density at radius 3 is 2.73 bits per heavy atom. The fraction of sp³-hybridized carbons (Fsp3) is 0.211. The number of alkyl halides is 2. The molecule has 0 unspecified atom stereocenters. The van der Waals surface area contributed by atoms with Gasteiger partial charge in [-0.1, -0.05) is 0 Å². The minimum Gasteiger partial charge on any atom is -0.298 e. The molecule has 2 aromatic heterocycles. The van der Waals surface area contributed by atoms with Crippen molar-refractivity contribution in [3.8, 4) is 11.3 Å². The lowest BCUT2D eigenvalue weighted by atomic mass is 10.0. The van der Waals surface area contributed by atoms with E-state index in [4.69, 9.17) is 0 Å². The zero-order chi connectivity index (χ0) is 18.9. The third-order valence-corrected chi connectivity index (χ3v) is 3.40. The van der Waals surface area contributed by atoms with Gasteiger partial charge >= 0.3 is 5.84 Å². The molecule has 0 fully saturated rings. The maximum atomic E-state index is 12.7. The molecule has 0 aromatic carbocycles. The molecular weight excluding hydrogens is 338 g/mol. The van der Waals surface area contributed by atoms with Gasteiger partial charge in [0.05, 0.1) is 11.9 Å².